The normalized spacial score (nSPS) is 11.5. The highest BCUT2D eigenvalue weighted by Crippen LogP contribution is 2.30. The number of carbonyl (C=O) groups excluding carboxylic acids is 2. The number of nitrogens with zero attached hydrogens (tertiary/aromatic N) is 1. The van der Waals surface area contributed by atoms with Gasteiger partial charge in [-0.05, 0) is 65.2 Å². The second kappa shape index (κ2) is 9.48. The Morgan fingerprint density at radius 3 is 1.88 bits per heavy atom. The van der Waals surface area contributed by atoms with E-state index in [0.29, 0.717) is 18.7 Å². The molecule has 2 amide bonds. The summed E-state index contributed by atoms with van der Waals surface area (Å²) in [6, 6.07) is 27.3. The summed E-state index contributed by atoms with van der Waals surface area (Å²) in [6.45, 7) is 4.99. The molecule has 0 unspecified atom stereocenters. The Bertz CT molecular complexity index is 1250. The highest BCUT2D eigenvalue weighted by molar-refractivity contribution is 6.11. The number of fused-ring (bicyclic) bond motifs is 2. The van der Waals surface area contributed by atoms with Crippen molar-refractivity contribution in [1.29, 1.82) is 0 Å². The first-order chi connectivity index (χ1) is 15.6. The molecule has 0 fully saturated rings. The lowest BCUT2D eigenvalue weighted by atomic mass is 9.96. The molecule has 0 saturated heterocycles. The number of carbonyl (C=O) groups is 2. The van der Waals surface area contributed by atoms with Gasteiger partial charge >= 0.3 is 0 Å². The van der Waals surface area contributed by atoms with Crippen LogP contribution in [0.3, 0.4) is 0 Å². The average Bonchev–Trinajstić information content (AvgIpc) is 2.84. The average molecular weight is 423 g/mol. The van der Waals surface area contributed by atoms with Crippen LogP contribution in [-0.4, -0.2) is 29.8 Å². The zero-order chi connectivity index (χ0) is 22.5. The third-order valence-corrected chi connectivity index (χ3v) is 5.67. The molecule has 0 aliphatic rings. The maximum Gasteiger partial charge on any atom is 0.270 e. The molecule has 0 heterocycles. The molecule has 4 aromatic rings. The number of benzene rings is 4. The fourth-order valence-electron chi connectivity index (χ4n) is 3.97. The summed E-state index contributed by atoms with van der Waals surface area (Å²) in [6.07, 6.45) is 1.83. The molecule has 32 heavy (non-hydrogen) atoms. The molecule has 4 aromatic carbocycles. The van der Waals surface area contributed by atoms with E-state index in [4.69, 9.17) is 0 Å². The number of amides is 2. The molecule has 0 aliphatic carbocycles. The minimum absolute atomic E-state index is 0.198. The number of hydrogen-bond donors (Lipinski definition) is 1. The second-order valence-corrected chi connectivity index (χ2v) is 7.59. The topological polar surface area (TPSA) is 49.4 Å². The standard InChI is InChI=1S/C28H26N2O2/c1-3-30(4-2)28(32)26(29-27(31)20-12-6-5-7-13-20)19-25-23-16-10-8-14-21(23)18-22-15-9-11-17-24(22)25/h5-19H,3-4H2,1-2H3,(H,29,31)/b26-19-. The smallest absolute Gasteiger partial charge is 0.270 e. The van der Waals surface area contributed by atoms with Crippen molar-refractivity contribution in [1.82, 2.24) is 10.2 Å². The number of likely N-dealkylation sites (N-methyl/N-ethyl adjacent to an activating group) is 1. The van der Waals surface area contributed by atoms with E-state index >= 15 is 0 Å². The van der Waals surface area contributed by atoms with Gasteiger partial charge in [0.25, 0.3) is 11.8 Å². The van der Waals surface area contributed by atoms with E-state index in [1.165, 1.54) is 0 Å². The van der Waals surface area contributed by atoms with Gasteiger partial charge in [-0.1, -0.05) is 66.7 Å². The second-order valence-electron chi connectivity index (χ2n) is 7.59. The molecular formula is C28H26N2O2. The van der Waals surface area contributed by atoms with Crippen molar-refractivity contribution >= 4 is 39.4 Å². The van der Waals surface area contributed by atoms with Crippen LogP contribution in [0.25, 0.3) is 27.6 Å². The fourth-order valence-corrected chi connectivity index (χ4v) is 3.97. The van der Waals surface area contributed by atoms with Gasteiger partial charge in [0.1, 0.15) is 5.70 Å². The Morgan fingerprint density at radius 1 is 0.781 bits per heavy atom. The van der Waals surface area contributed by atoms with Gasteiger partial charge < -0.3 is 10.2 Å². The van der Waals surface area contributed by atoms with Crippen molar-refractivity contribution < 1.29 is 9.59 Å². The van der Waals surface area contributed by atoms with Crippen LogP contribution in [0.1, 0.15) is 29.8 Å². The molecule has 4 rings (SSSR count). The van der Waals surface area contributed by atoms with Crippen LogP contribution in [0.4, 0.5) is 0 Å². The highest BCUT2D eigenvalue weighted by Gasteiger charge is 2.20. The van der Waals surface area contributed by atoms with Gasteiger partial charge in [0.2, 0.25) is 0 Å². The van der Waals surface area contributed by atoms with Crippen molar-refractivity contribution in [3.8, 4) is 0 Å². The third-order valence-electron chi connectivity index (χ3n) is 5.67. The maximum atomic E-state index is 13.4. The molecule has 4 heteroatoms. The highest BCUT2D eigenvalue weighted by atomic mass is 16.2. The number of hydrogen-bond acceptors (Lipinski definition) is 2. The Balaban J connectivity index is 1.90. The summed E-state index contributed by atoms with van der Waals surface area (Å²) in [5, 5.41) is 7.13. The van der Waals surface area contributed by atoms with Crippen molar-refractivity contribution in [2.45, 2.75) is 13.8 Å². The Morgan fingerprint density at radius 2 is 1.31 bits per heavy atom. The molecule has 0 radical (unpaired) electrons. The number of nitrogens with one attached hydrogen (secondary N) is 1. The van der Waals surface area contributed by atoms with E-state index < -0.39 is 0 Å². The van der Waals surface area contributed by atoms with Gasteiger partial charge in [0, 0.05) is 18.7 Å². The molecular weight excluding hydrogens is 396 g/mol. The third kappa shape index (κ3) is 4.26. The van der Waals surface area contributed by atoms with Crippen LogP contribution in [0, 0.1) is 0 Å². The van der Waals surface area contributed by atoms with Crippen molar-refractivity contribution in [3.63, 3.8) is 0 Å². The predicted octanol–water partition coefficient (Wildman–Crippen LogP) is 5.63. The SMILES string of the molecule is CCN(CC)C(=O)/C(=C/c1c2ccccc2cc2ccccc12)NC(=O)c1ccccc1. The first-order valence-electron chi connectivity index (χ1n) is 10.9. The van der Waals surface area contributed by atoms with Crippen molar-refractivity contribution in [3.05, 3.63) is 102 Å². The lowest BCUT2D eigenvalue weighted by molar-refractivity contribution is -0.127. The summed E-state index contributed by atoms with van der Waals surface area (Å²) in [5.41, 5.74) is 1.69. The summed E-state index contributed by atoms with van der Waals surface area (Å²) in [5.74, 6) is -0.502. The first-order valence-corrected chi connectivity index (χ1v) is 10.9. The molecule has 1 N–H and O–H groups in total. The van der Waals surface area contributed by atoms with Crippen LogP contribution in [-0.2, 0) is 4.79 Å². The Labute approximate surface area is 188 Å². The molecule has 0 atom stereocenters. The van der Waals surface area contributed by atoms with Gasteiger partial charge in [-0.3, -0.25) is 9.59 Å². The fraction of sp³-hybridized carbons (Fsp3) is 0.143. The maximum absolute atomic E-state index is 13.4. The summed E-state index contributed by atoms with van der Waals surface area (Å²) < 4.78 is 0. The summed E-state index contributed by atoms with van der Waals surface area (Å²) in [4.78, 5) is 28.1. The van der Waals surface area contributed by atoms with Crippen LogP contribution < -0.4 is 5.32 Å². The number of rotatable bonds is 6. The van der Waals surface area contributed by atoms with E-state index in [9.17, 15) is 9.59 Å². The molecule has 0 aromatic heterocycles. The van der Waals surface area contributed by atoms with Crippen LogP contribution in [0.2, 0.25) is 0 Å². The van der Waals surface area contributed by atoms with Gasteiger partial charge in [0.15, 0.2) is 0 Å². The molecule has 0 aliphatic heterocycles. The lowest BCUT2D eigenvalue weighted by Crippen LogP contribution is -2.38. The van der Waals surface area contributed by atoms with Crippen LogP contribution >= 0.6 is 0 Å². The lowest BCUT2D eigenvalue weighted by Gasteiger charge is -2.21. The van der Waals surface area contributed by atoms with Gasteiger partial charge in [0.05, 0.1) is 0 Å². The van der Waals surface area contributed by atoms with Crippen LogP contribution in [0.15, 0.2) is 90.6 Å². The van der Waals surface area contributed by atoms with E-state index in [2.05, 4.69) is 23.5 Å². The first kappa shape index (κ1) is 21.3. The predicted molar refractivity (Wildman–Crippen MR) is 131 cm³/mol. The molecule has 160 valence electrons. The van der Waals surface area contributed by atoms with E-state index in [1.807, 2.05) is 74.5 Å². The van der Waals surface area contributed by atoms with Gasteiger partial charge in [-0.2, -0.15) is 0 Å². The molecule has 4 nitrogen and oxygen atoms in total. The van der Waals surface area contributed by atoms with Crippen LogP contribution in [0.5, 0.6) is 0 Å². The van der Waals surface area contributed by atoms with E-state index in [1.54, 1.807) is 17.0 Å². The minimum atomic E-state index is -0.304. The van der Waals surface area contributed by atoms with Gasteiger partial charge in [-0.15, -0.1) is 0 Å². The van der Waals surface area contributed by atoms with Gasteiger partial charge in [-0.25, -0.2) is 0 Å². The van der Waals surface area contributed by atoms with E-state index in [0.717, 1.165) is 27.1 Å². The minimum Gasteiger partial charge on any atom is -0.338 e. The largest absolute Gasteiger partial charge is 0.338 e. The summed E-state index contributed by atoms with van der Waals surface area (Å²) >= 11 is 0. The zero-order valence-corrected chi connectivity index (χ0v) is 18.3. The molecule has 0 bridgehead atoms. The van der Waals surface area contributed by atoms with Crippen molar-refractivity contribution in [2.24, 2.45) is 0 Å². The zero-order valence-electron chi connectivity index (χ0n) is 18.3. The molecule has 0 spiro atoms. The molecule has 0 saturated carbocycles. The monoisotopic (exact) mass is 422 g/mol. The van der Waals surface area contributed by atoms with Crippen molar-refractivity contribution in [2.75, 3.05) is 13.1 Å². The van der Waals surface area contributed by atoms with E-state index in [-0.39, 0.29) is 17.5 Å². The quantitative estimate of drug-likeness (QED) is 0.323. The Hall–Kier alpha value is -3.92. The summed E-state index contributed by atoms with van der Waals surface area (Å²) in [7, 11) is 0. The Kier molecular flexibility index (Phi) is 6.31.